The number of aryl methyl sites for hydroxylation is 1. The van der Waals surface area contributed by atoms with E-state index in [0.29, 0.717) is 23.7 Å². The Morgan fingerprint density at radius 1 is 1.60 bits per heavy atom. The number of nitrogens with one attached hydrogen (secondary N) is 1. The fraction of sp³-hybridized carbons (Fsp3) is 0.308. The molecule has 20 heavy (non-hydrogen) atoms. The highest BCUT2D eigenvalue weighted by molar-refractivity contribution is 7.10. The van der Waals surface area contributed by atoms with E-state index in [-0.39, 0.29) is 19.1 Å². The molecule has 2 aromatic rings. The van der Waals surface area contributed by atoms with Crippen molar-refractivity contribution in [1.82, 2.24) is 15.5 Å². The minimum Gasteiger partial charge on any atom is -0.395 e. The summed E-state index contributed by atoms with van der Waals surface area (Å²) >= 11 is 1.39. The van der Waals surface area contributed by atoms with Gasteiger partial charge in [0.15, 0.2) is 5.82 Å². The van der Waals surface area contributed by atoms with Gasteiger partial charge in [-0.2, -0.15) is 4.98 Å². The molecule has 0 fully saturated rings. The number of aromatic nitrogens is 2. The zero-order chi connectivity index (χ0) is 14.4. The Bertz CT molecular complexity index is 651. The summed E-state index contributed by atoms with van der Waals surface area (Å²) in [5.74, 6) is 6.39. The van der Waals surface area contributed by atoms with Crippen LogP contribution in [0.3, 0.4) is 0 Å². The van der Waals surface area contributed by atoms with Crippen molar-refractivity contribution in [2.75, 3.05) is 6.61 Å². The molecule has 0 aliphatic carbocycles. The summed E-state index contributed by atoms with van der Waals surface area (Å²) in [5, 5.41) is 16.8. The average molecular weight is 291 g/mol. The van der Waals surface area contributed by atoms with Crippen molar-refractivity contribution in [3.05, 3.63) is 33.6 Å². The highest BCUT2D eigenvalue weighted by atomic mass is 32.1. The van der Waals surface area contributed by atoms with Gasteiger partial charge < -0.3 is 14.9 Å². The monoisotopic (exact) mass is 291 g/mol. The molecule has 0 bridgehead atoms. The van der Waals surface area contributed by atoms with Crippen LogP contribution < -0.4 is 5.32 Å². The maximum Gasteiger partial charge on any atom is 0.252 e. The summed E-state index contributed by atoms with van der Waals surface area (Å²) in [5.41, 5.74) is 0.545. The lowest BCUT2D eigenvalue weighted by Crippen LogP contribution is -2.22. The molecule has 0 aliphatic rings. The van der Waals surface area contributed by atoms with Crippen LogP contribution in [0.4, 0.5) is 0 Å². The predicted molar refractivity (Wildman–Crippen MR) is 73.1 cm³/mol. The van der Waals surface area contributed by atoms with E-state index in [1.807, 2.05) is 0 Å². The standard InChI is InChI=1S/C13H13N3O3S/c1-9-15-12(16-19-9)7-14-13(18)10-6-11(20-8-10)4-2-3-5-17/h6,8,17H,3,5,7H2,1H3,(H,14,18). The van der Waals surface area contributed by atoms with E-state index in [9.17, 15) is 4.79 Å². The topological polar surface area (TPSA) is 88.2 Å². The Balaban J connectivity index is 1.91. The van der Waals surface area contributed by atoms with Gasteiger partial charge >= 0.3 is 0 Å². The summed E-state index contributed by atoms with van der Waals surface area (Å²) in [6.45, 7) is 1.95. The minimum atomic E-state index is -0.209. The van der Waals surface area contributed by atoms with E-state index in [2.05, 4.69) is 27.3 Å². The third-order valence-corrected chi connectivity index (χ3v) is 3.13. The maximum absolute atomic E-state index is 11.9. The molecule has 2 heterocycles. The largest absolute Gasteiger partial charge is 0.395 e. The molecule has 0 spiro atoms. The number of rotatable bonds is 4. The van der Waals surface area contributed by atoms with E-state index >= 15 is 0 Å². The number of hydrogen-bond donors (Lipinski definition) is 2. The molecule has 2 aromatic heterocycles. The third-order valence-electron chi connectivity index (χ3n) is 2.29. The zero-order valence-corrected chi connectivity index (χ0v) is 11.7. The Morgan fingerprint density at radius 2 is 2.45 bits per heavy atom. The SMILES string of the molecule is Cc1nc(CNC(=O)c2csc(C#CCCO)c2)no1. The van der Waals surface area contributed by atoms with Crippen LogP contribution in [0, 0.1) is 18.8 Å². The molecule has 0 saturated heterocycles. The molecule has 0 radical (unpaired) electrons. The van der Waals surface area contributed by atoms with Crippen LogP contribution >= 0.6 is 11.3 Å². The first-order chi connectivity index (χ1) is 9.69. The number of amides is 1. The second kappa shape index (κ2) is 6.84. The van der Waals surface area contributed by atoms with Crippen LogP contribution in [0.25, 0.3) is 0 Å². The molecule has 0 saturated carbocycles. The van der Waals surface area contributed by atoms with Crippen LogP contribution in [-0.4, -0.2) is 27.8 Å². The van der Waals surface area contributed by atoms with E-state index in [1.54, 1.807) is 18.4 Å². The summed E-state index contributed by atoms with van der Waals surface area (Å²) in [7, 11) is 0. The maximum atomic E-state index is 11.9. The summed E-state index contributed by atoms with van der Waals surface area (Å²) in [6.07, 6.45) is 0.427. The van der Waals surface area contributed by atoms with E-state index in [4.69, 9.17) is 9.63 Å². The smallest absolute Gasteiger partial charge is 0.252 e. The molecule has 0 unspecified atom stereocenters. The Morgan fingerprint density at radius 3 is 3.15 bits per heavy atom. The lowest BCUT2D eigenvalue weighted by atomic mass is 10.3. The quantitative estimate of drug-likeness (QED) is 0.824. The van der Waals surface area contributed by atoms with Gasteiger partial charge in [0.25, 0.3) is 5.91 Å². The number of hydrogen-bond acceptors (Lipinski definition) is 6. The number of thiophene rings is 1. The molecule has 6 nitrogen and oxygen atoms in total. The zero-order valence-electron chi connectivity index (χ0n) is 10.8. The molecule has 0 aromatic carbocycles. The predicted octanol–water partition coefficient (Wildman–Crippen LogP) is 1.10. The third kappa shape index (κ3) is 3.91. The number of carbonyl (C=O) groups excluding carboxylic acids is 1. The van der Waals surface area contributed by atoms with E-state index in [0.717, 1.165) is 4.88 Å². The van der Waals surface area contributed by atoms with Gasteiger partial charge in [0.1, 0.15) is 0 Å². The Hall–Kier alpha value is -2.17. The van der Waals surface area contributed by atoms with Gasteiger partial charge in [-0.3, -0.25) is 4.79 Å². The van der Waals surface area contributed by atoms with Crippen LogP contribution in [0.1, 0.15) is 33.4 Å². The first-order valence-electron chi connectivity index (χ1n) is 5.94. The molecule has 0 atom stereocenters. The second-order valence-electron chi connectivity index (χ2n) is 3.89. The molecule has 2 N–H and O–H groups in total. The van der Waals surface area contributed by atoms with E-state index < -0.39 is 0 Å². The second-order valence-corrected chi connectivity index (χ2v) is 4.80. The molecular weight excluding hydrogens is 278 g/mol. The first kappa shape index (κ1) is 14.2. The van der Waals surface area contributed by atoms with Crippen molar-refractivity contribution in [2.45, 2.75) is 19.9 Å². The van der Waals surface area contributed by atoms with Gasteiger partial charge in [-0.05, 0) is 6.07 Å². The average Bonchev–Trinajstić information content (AvgIpc) is 3.06. The molecule has 104 valence electrons. The Kier molecular flexibility index (Phi) is 4.87. The molecule has 7 heteroatoms. The van der Waals surface area contributed by atoms with E-state index in [1.165, 1.54) is 11.3 Å². The van der Waals surface area contributed by atoms with Gasteiger partial charge in [-0.1, -0.05) is 17.0 Å². The molecule has 2 rings (SSSR count). The number of carbonyl (C=O) groups is 1. The summed E-state index contributed by atoms with van der Waals surface area (Å²) in [4.78, 5) is 16.7. The first-order valence-corrected chi connectivity index (χ1v) is 6.82. The van der Waals surface area contributed by atoms with Crippen molar-refractivity contribution < 1.29 is 14.4 Å². The van der Waals surface area contributed by atoms with Crippen LogP contribution in [-0.2, 0) is 6.54 Å². The van der Waals surface area contributed by atoms with Crippen LogP contribution in [0.2, 0.25) is 0 Å². The lowest BCUT2D eigenvalue weighted by Gasteiger charge is -1.98. The normalized spacial score (nSPS) is 9.90. The summed E-state index contributed by atoms with van der Waals surface area (Å²) in [6, 6.07) is 1.71. The van der Waals surface area contributed by atoms with Crippen LogP contribution in [0.5, 0.6) is 0 Å². The van der Waals surface area contributed by atoms with Gasteiger partial charge in [-0.25, -0.2) is 0 Å². The lowest BCUT2D eigenvalue weighted by molar-refractivity contribution is 0.0950. The Labute approximate surface area is 119 Å². The van der Waals surface area contributed by atoms with Crippen molar-refractivity contribution >= 4 is 17.2 Å². The van der Waals surface area contributed by atoms with Crippen molar-refractivity contribution in [3.63, 3.8) is 0 Å². The van der Waals surface area contributed by atoms with Crippen molar-refractivity contribution in [3.8, 4) is 11.8 Å². The number of aliphatic hydroxyl groups is 1. The van der Waals surface area contributed by atoms with Gasteiger partial charge in [0, 0.05) is 18.7 Å². The minimum absolute atomic E-state index is 0.0375. The fourth-order valence-corrected chi connectivity index (χ4v) is 2.16. The number of aliphatic hydroxyl groups excluding tert-OH is 1. The van der Waals surface area contributed by atoms with Crippen molar-refractivity contribution in [2.24, 2.45) is 0 Å². The van der Waals surface area contributed by atoms with Gasteiger partial charge in [-0.15, -0.1) is 11.3 Å². The summed E-state index contributed by atoms with van der Waals surface area (Å²) < 4.78 is 4.81. The fourth-order valence-electron chi connectivity index (χ4n) is 1.40. The highest BCUT2D eigenvalue weighted by Gasteiger charge is 2.09. The van der Waals surface area contributed by atoms with Gasteiger partial charge in [0.05, 0.1) is 23.6 Å². The molecule has 0 aliphatic heterocycles. The number of nitrogens with zero attached hydrogens (tertiary/aromatic N) is 2. The van der Waals surface area contributed by atoms with Crippen LogP contribution in [0.15, 0.2) is 16.0 Å². The highest BCUT2D eigenvalue weighted by Crippen LogP contribution is 2.13. The van der Waals surface area contributed by atoms with Gasteiger partial charge in [0.2, 0.25) is 5.89 Å². The molecule has 1 amide bonds. The van der Waals surface area contributed by atoms with Crippen molar-refractivity contribution in [1.29, 1.82) is 0 Å². The molecular formula is C13H13N3O3S.